The van der Waals surface area contributed by atoms with Gasteiger partial charge in [-0.3, -0.25) is 0 Å². The number of hydrogen-bond donors (Lipinski definition) is 0. The van der Waals surface area contributed by atoms with Crippen molar-refractivity contribution >= 4 is 0 Å². The Hall–Kier alpha value is -0.0400. The van der Waals surface area contributed by atoms with E-state index < -0.39 is 0 Å². The first-order valence-corrected chi connectivity index (χ1v) is 2.20. The first kappa shape index (κ1) is 5.96. The summed E-state index contributed by atoms with van der Waals surface area (Å²) >= 11 is 0. The fourth-order valence-electron chi connectivity index (χ4n) is 0.289. The van der Waals surface area contributed by atoms with E-state index in [9.17, 15) is 0 Å². The smallest absolute Gasteiger partial charge is 0.0909 e. The lowest BCUT2D eigenvalue weighted by molar-refractivity contribution is 0.171. The van der Waals surface area contributed by atoms with Crippen LogP contribution in [0.1, 0.15) is 20.8 Å². The monoisotopic (exact) mass is 87.1 g/mol. The van der Waals surface area contributed by atoms with Gasteiger partial charge in [0.05, 0.1) is 6.10 Å². The molecular weight excluding hydrogens is 76.1 g/mol. The van der Waals surface area contributed by atoms with Crippen molar-refractivity contribution in [1.82, 2.24) is 0 Å². The van der Waals surface area contributed by atoms with Crippen LogP contribution in [0.2, 0.25) is 0 Å². The van der Waals surface area contributed by atoms with Crippen molar-refractivity contribution in [3.8, 4) is 0 Å². The van der Waals surface area contributed by atoms with Gasteiger partial charge in [0.25, 0.3) is 0 Å². The third kappa shape index (κ3) is 3.96. The highest BCUT2D eigenvalue weighted by Gasteiger charge is 1.85. The van der Waals surface area contributed by atoms with E-state index in [2.05, 4.69) is 0 Å². The normalized spacial score (nSPS) is 10.0. The van der Waals surface area contributed by atoms with Crippen LogP contribution >= 0.6 is 0 Å². The van der Waals surface area contributed by atoms with Gasteiger partial charge in [-0.25, -0.2) is 0 Å². The minimum absolute atomic E-state index is 0.794. The molecule has 1 nitrogen and oxygen atoms in total. The summed E-state index contributed by atoms with van der Waals surface area (Å²) in [4.78, 5) is 0. The van der Waals surface area contributed by atoms with Crippen molar-refractivity contribution < 1.29 is 4.74 Å². The fraction of sp³-hybridized carbons (Fsp3) is 0.800. The molecule has 0 rings (SSSR count). The van der Waals surface area contributed by atoms with Crippen LogP contribution < -0.4 is 0 Å². The van der Waals surface area contributed by atoms with E-state index in [0.29, 0.717) is 0 Å². The molecule has 37 valence electrons. The van der Waals surface area contributed by atoms with Gasteiger partial charge >= 0.3 is 0 Å². The molecule has 0 aromatic rings. The van der Waals surface area contributed by atoms with E-state index in [1.807, 2.05) is 20.8 Å². The zero-order valence-corrected chi connectivity index (χ0v) is 4.62. The molecule has 0 amide bonds. The molecule has 0 aliphatic carbocycles. The number of ether oxygens (including phenoxy) is 1. The largest absolute Gasteiger partial charge is 0.373 e. The molecule has 1 radical (unpaired) electrons. The zero-order chi connectivity index (χ0) is 4.99. The van der Waals surface area contributed by atoms with Gasteiger partial charge in [-0.15, -0.1) is 0 Å². The van der Waals surface area contributed by atoms with Gasteiger partial charge < -0.3 is 4.74 Å². The first-order chi connectivity index (χ1) is 2.77. The van der Waals surface area contributed by atoms with Crippen molar-refractivity contribution in [2.75, 3.05) is 6.61 Å². The summed E-state index contributed by atoms with van der Waals surface area (Å²) in [6.07, 6.45) is 1.04. The zero-order valence-electron chi connectivity index (χ0n) is 4.62. The Balaban J connectivity index is 2.63. The van der Waals surface area contributed by atoms with E-state index in [4.69, 9.17) is 4.74 Å². The van der Waals surface area contributed by atoms with Crippen LogP contribution in [0.4, 0.5) is 0 Å². The van der Waals surface area contributed by atoms with Crippen molar-refractivity contribution in [3.05, 3.63) is 6.10 Å². The highest BCUT2D eigenvalue weighted by atomic mass is 16.5. The van der Waals surface area contributed by atoms with Crippen LogP contribution in [0.3, 0.4) is 0 Å². The molecule has 0 saturated carbocycles. The van der Waals surface area contributed by atoms with Crippen LogP contribution in [-0.4, -0.2) is 6.61 Å². The van der Waals surface area contributed by atoms with Crippen molar-refractivity contribution in [2.45, 2.75) is 20.8 Å². The van der Waals surface area contributed by atoms with Gasteiger partial charge in [0.1, 0.15) is 0 Å². The van der Waals surface area contributed by atoms with Crippen LogP contribution in [0, 0.1) is 6.10 Å². The summed E-state index contributed by atoms with van der Waals surface area (Å²) in [7, 11) is 0. The Kier molecular flexibility index (Phi) is 3.14. The molecule has 0 N–H and O–H groups in total. The van der Waals surface area contributed by atoms with Gasteiger partial charge in [0.15, 0.2) is 0 Å². The second-order valence-electron chi connectivity index (χ2n) is 1.34. The Labute approximate surface area is 39.3 Å². The highest BCUT2D eigenvalue weighted by Crippen LogP contribution is 1.93. The summed E-state index contributed by atoms with van der Waals surface area (Å²) in [6.45, 7) is 6.67. The fourth-order valence-corrected chi connectivity index (χ4v) is 0.289. The lowest BCUT2D eigenvalue weighted by atomic mass is 10.5. The molecule has 0 aromatic heterocycles. The summed E-state index contributed by atoms with van der Waals surface area (Å²) < 4.78 is 4.96. The second-order valence-corrected chi connectivity index (χ2v) is 1.34. The summed E-state index contributed by atoms with van der Waals surface area (Å²) in [5.41, 5.74) is 0. The average molecular weight is 87.1 g/mol. The predicted octanol–water partition coefficient (Wildman–Crippen LogP) is 1.59. The summed E-state index contributed by atoms with van der Waals surface area (Å²) in [6, 6.07) is 0. The molecule has 0 spiro atoms. The minimum Gasteiger partial charge on any atom is -0.373 e. The van der Waals surface area contributed by atoms with E-state index >= 15 is 0 Å². The minimum atomic E-state index is 0.794. The molecule has 0 saturated heterocycles. The third-order valence-electron chi connectivity index (χ3n) is 0.433. The molecule has 0 aromatic carbocycles. The van der Waals surface area contributed by atoms with Crippen LogP contribution in [0.5, 0.6) is 0 Å². The molecule has 0 fully saturated rings. The standard InChI is InChI=1S/C5H11O/c1-4-6-5(2)3/h4H2,1-3H3. The van der Waals surface area contributed by atoms with Gasteiger partial charge in [-0.05, 0) is 20.8 Å². The van der Waals surface area contributed by atoms with E-state index in [-0.39, 0.29) is 0 Å². The molecule has 0 aliphatic rings. The van der Waals surface area contributed by atoms with Crippen molar-refractivity contribution in [3.63, 3.8) is 0 Å². The Morgan fingerprint density at radius 1 is 1.50 bits per heavy atom. The van der Waals surface area contributed by atoms with E-state index in [0.717, 1.165) is 12.7 Å². The molecule has 1 heteroatoms. The molecule has 0 atom stereocenters. The third-order valence-corrected chi connectivity index (χ3v) is 0.433. The van der Waals surface area contributed by atoms with Gasteiger partial charge in [-0.2, -0.15) is 0 Å². The molecule has 6 heavy (non-hydrogen) atoms. The maximum atomic E-state index is 4.96. The van der Waals surface area contributed by atoms with E-state index in [1.165, 1.54) is 0 Å². The van der Waals surface area contributed by atoms with Crippen molar-refractivity contribution in [2.24, 2.45) is 0 Å². The quantitative estimate of drug-likeness (QED) is 0.497. The van der Waals surface area contributed by atoms with Gasteiger partial charge in [0, 0.05) is 6.61 Å². The maximum Gasteiger partial charge on any atom is 0.0909 e. The SMILES string of the molecule is CCO[C](C)C. The van der Waals surface area contributed by atoms with E-state index in [1.54, 1.807) is 0 Å². The lowest BCUT2D eigenvalue weighted by Gasteiger charge is -1.98. The lowest BCUT2D eigenvalue weighted by Crippen LogP contribution is -1.90. The Bertz CT molecular complexity index is 25.1. The first-order valence-electron chi connectivity index (χ1n) is 2.20. The van der Waals surface area contributed by atoms with Gasteiger partial charge in [-0.1, -0.05) is 0 Å². The van der Waals surface area contributed by atoms with Gasteiger partial charge in [0.2, 0.25) is 0 Å². The molecular formula is C5H11O. The Morgan fingerprint density at radius 3 is 2.00 bits per heavy atom. The van der Waals surface area contributed by atoms with Crippen LogP contribution in [0.15, 0.2) is 0 Å². The molecule has 0 bridgehead atoms. The molecule has 0 unspecified atom stereocenters. The average Bonchev–Trinajstić information content (AvgIpc) is 1.35. The van der Waals surface area contributed by atoms with Crippen LogP contribution in [-0.2, 0) is 4.74 Å². The highest BCUT2D eigenvalue weighted by molar-refractivity contribution is 4.58. The number of hydrogen-bond acceptors (Lipinski definition) is 1. The molecule has 0 aliphatic heterocycles. The topological polar surface area (TPSA) is 9.23 Å². The molecule has 0 heterocycles. The second kappa shape index (κ2) is 3.16. The Morgan fingerprint density at radius 2 is 2.00 bits per heavy atom. The summed E-state index contributed by atoms with van der Waals surface area (Å²) in [5.74, 6) is 0. The van der Waals surface area contributed by atoms with Crippen molar-refractivity contribution in [1.29, 1.82) is 0 Å². The number of rotatable bonds is 2. The maximum absolute atomic E-state index is 4.96. The van der Waals surface area contributed by atoms with Crippen LogP contribution in [0.25, 0.3) is 0 Å². The summed E-state index contributed by atoms with van der Waals surface area (Å²) in [5, 5.41) is 0. The predicted molar refractivity (Wildman–Crippen MR) is 26.2 cm³/mol.